The van der Waals surface area contributed by atoms with Gasteiger partial charge in [0, 0.05) is 28.1 Å². The number of nitrogens with zero attached hydrogens (tertiary/aromatic N) is 2. The van der Waals surface area contributed by atoms with Gasteiger partial charge in [-0.05, 0) is 49.6 Å². The Kier molecular flexibility index (Phi) is 3.99. The van der Waals surface area contributed by atoms with E-state index in [0.717, 1.165) is 33.3 Å². The Labute approximate surface area is 170 Å². The molecule has 5 aromatic rings. The number of hydrogen-bond acceptors (Lipinski definition) is 2. The summed E-state index contributed by atoms with van der Waals surface area (Å²) in [5.74, 6) is 0. The van der Waals surface area contributed by atoms with Gasteiger partial charge in [-0.3, -0.25) is 0 Å². The zero-order chi connectivity index (χ0) is 20.1. The number of hydrogen-bond donors (Lipinski definition) is 0. The first-order valence-corrected chi connectivity index (χ1v) is 9.88. The standard InChI is InChI=1S/C26H23N2O/c1-16-10-12-20-21-13-11-18(3)27-26(21)29-25(20)24(16)23-14-17(2)22(15-28(23)4)19-8-6-5-7-9-19/h5-15H,1-4H3/q+1. The highest BCUT2D eigenvalue weighted by Gasteiger charge is 2.22. The van der Waals surface area contributed by atoms with Gasteiger partial charge in [-0.15, -0.1) is 0 Å². The van der Waals surface area contributed by atoms with E-state index in [1.807, 2.05) is 13.0 Å². The second-order valence-electron chi connectivity index (χ2n) is 7.77. The number of benzene rings is 2. The molecule has 29 heavy (non-hydrogen) atoms. The molecule has 0 atom stereocenters. The van der Waals surface area contributed by atoms with Crippen molar-refractivity contribution in [2.45, 2.75) is 20.8 Å². The van der Waals surface area contributed by atoms with Crippen LogP contribution in [0.25, 0.3) is 44.5 Å². The zero-order valence-corrected chi connectivity index (χ0v) is 17.2. The van der Waals surface area contributed by atoms with Crippen LogP contribution in [0.1, 0.15) is 16.8 Å². The number of fused-ring (bicyclic) bond motifs is 3. The highest BCUT2D eigenvalue weighted by atomic mass is 16.3. The summed E-state index contributed by atoms with van der Waals surface area (Å²) in [6, 6.07) is 21.2. The molecule has 0 aliphatic rings. The smallest absolute Gasteiger partial charge is 0.227 e. The van der Waals surface area contributed by atoms with E-state index in [1.54, 1.807) is 0 Å². The molecular weight excluding hydrogens is 356 g/mol. The maximum atomic E-state index is 6.28. The summed E-state index contributed by atoms with van der Waals surface area (Å²) >= 11 is 0. The van der Waals surface area contributed by atoms with Crippen molar-refractivity contribution < 1.29 is 8.98 Å². The van der Waals surface area contributed by atoms with Crippen LogP contribution in [0.4, 0.5) is 0 Å². The van der Waals surface area contributed by atoms with Crippen molar-refractivity contribution in [1.82, 2.24) is 4.98 Å². The fourth-order valence-electron chi connectivity index (χ4n) is 4.15. The van der Waals surface area contributed by atoms with Crippen LogP contribution >= 0.6 is 0 Å². The average molecular weight is 379 g/mol. The second kappa shape index (κ2) is 6.56. The molecule has 3 heterocycles. The SMILES string of the molecule is Cc1ccc2c(n1)oc1c(-c3cc(C)c(-c4ccccc4)c[n+]3C)c(C)ccc12. The molecule has 0 spiro atoms. The molecule has 0 saturated heterocycles. The van der Waals surface area contributed by atoms with Crippen molar-refractivity contribution in [1.29, 1.82) is 0 Å². The minimum absolute atomic E-state index is 0.701. The summed E-state index contributed by atoms with van der Waals surface area (Å²) in [6.45, 7) is 6.30. The Morgan fingerprint density at radius 3 is 2.38 bits per heavy atom. The van der Waals surface area contributed by atoms with Crippen molar-refractivity contribution >= 4 is 22.1 Å². The van der Waals surface area contributed by atoms with E-state index < -0.39 is 0 Å². The molecule has 0 bridgehead atoms. The molecule has 0 N–H and O–H groups in total. The minimum Gasteiger partial charge on any atom is -0.437 e. The molecular formula is C26H23N2O+. The molecule has 0 amide bonds. The quantitative estimate of drug-likeness (QED) is 0.349. The van der Waals surface area contributed by atoms with Gasteiger partial charge in [-0.1, -0.05) is 42.5 Å². The van der Waals surface area contributed by atoms with Gasteiger partial charge in [-0.2, -0.15) is 0 Å². The molecule has 3 heteroatoms. The van der Waals surface area contributed by atoms with Gasteiger partial charge >= 0.3 is 0 Å². The Morgan fingerprint density at radius 1 is 0.828 bits per heavy atom. The molecule has 5 rings (SSSR count). The molecule has 0 radical (unpaired) electrons. The molecule has 0 aliphatic heterocycles. The largest absolute Gasteiger partial charge is 0.437 e. The summed E-state index contributed by atoms with van der Waals surface area (Å²) in [7, 11) is 2.10. The van der Waals surface area contributed by atoms with Crippen LogP contribution in [0.3, 0.4) is 0 Å². The van der Waals surface area contributed by atoms with Crippen molar-refractivity contribution in [3.05, 3.63) is 83.7 Å². The summed E-state index contributed by atoms with van der Waals surface area (Å²) < 4.78 is 8.48. The van der Waals surface area contributed by atoms with Gasteiger partial charge in [0.05, 0.1) is 5.56 Å². The predicted molar refractivity (Wildman–Crippen MR) is 118 cm³/mol. The summed E-state index contributed by atoms with van der Waals surface area (Å²) in [4.78, 5) is 4.60. The van der Waals surface area contributed by atoms with E-state index in [1.165, 1.54) is 22.3 Å². The third kappa shape index (κ3) is 2.82. The van der Waals surface area contributed by atoms with Gasteiger partial charge < -0.3 is 4.42 Å². The Bertz CT molecular complexity index is 1380. The van der Waals surface area contributed by atoms with Gasteiger partial charge in [0.15, 0.2) is 11.8 Å². The van der Waals surface area contributed by atoms with Crippen molar-refractivity contribution in [3.63, 3.8) is 0 Å². The maximum Gasteiger partial charge on any atom is 0.227 e. The van der Waals surface area contributed by atoms with E-state index >= 15 is 0 Å². The average Bonchev–Trinajstić information content (AvgIpc) is 3.07. The van der Waals surface area contributed by atoms with E-state index in [0.29, 0.717) is 5.71 Å². The summed E-state index contributed by atoms with van der Waals surface area (Å²) in [6.07, 6.45) is 2.21. The van der Waals surface area contributed by atoms with Crippen LogP contribution in [0.2, 0.25) is 0 Å². The first kappa shape index (κ1) is 17.6. The monoisotopic (exact) mass is 379 g/mol. The lowest BCUT2D eigenvalue weighted by Gasteiger charge is -2.10. The second-order valence-corrected chi connectivity index (χ2v) is 7.77. The Hall–Kier alpha value is -3.46. The number of rotatable bonds is 2. The third-order valence-corrected chi connectivity index (χ3v) is 5.68. The van der Waals surface area contributed by atoms with Crippen LogP contribution in [-0.4, -0.2) is 4.98 Å². The Balaban J connectivity index is 1.78. The van der Waals surface area contributed by atoms with Crippen LogP contribution in [-0.2, 0) is 7.05 Å². The molecule has 0 fully saturated rings. The first-order valence-electron chi connectivity index (χ1n) is 9.88. The molecule has 2 aromatic carbocycles. The van der Waals surface area contributed by atoms with Gasteiger partial charge in [0.1, 0.15) is 7.05 Å². The van der Waals surface area contributed by atoms with Crippen LogP contribution < -0.4 is 4.57 Å². The van der Waals surface area contributed by atoms with E-state index in [-0.39, 0.29) is 0 Å². The molecule has 3 nitrogen and oxygen atoms in total. The number of pyridine rings is 2. The minimum atomic E-state index is 0.701. The number of aryl methyl sites for hydroxylation is 4. The highest BCUT2D eigenvalue weighted by Crippen LogP contribution is 2.37. The van der Waals surface area contributed by atoms with Crippen LogP contribution in [0.5, 0.6) is 0 Å². The zero-order valence-electron chi connectivity index (χ0n) is 17.2. The highest BCUT2D eigenvalue weighted by molar-refractivity contribution is 6.08. The van der Waals surface area contributed by atoms with Gasteiger partial charge in [0.25, 0.3) is 0 Å². The summed E-state index contributed by atoms with van der Waals surface area (Å²) in [5.41, 5.74) is 9.73. The number of aromatic nitrogens is 2. The van der Waals surface area contributed by atoms with Crippen LogP contribution in [0.15, 0.2) is 71.3 Å². The van der Waals surface area contributed by atoms with Crippen molar-refractivity contribution in [3.8, 4) is 22.4 Å². The van der Waals surface area contributed by atoms with E-state index in [9.17, 15) is 0 Å². The lowest BCUT2D eigenvalue weighted by atomic mass is 9.97. The lowest BCUT2D eigenvalue weighted by molar-refractivity contribution is -0.659. The first-order chi connectivity index (χ1) is 14.0. The van der Waals surface area contributed by atoms with Crippen LogP contribution in [0, 0.1) is 20.8 Å². The maximum absolute atomic E-state index is 6.28. The molecule has 0 saturated carbocycles. The van der Waals surface area contributed by atoms with Crippen molar-refractivity contribution in [2.75, 3.05) is 0 Å². The lowest BCUT2D eigenvalue weighted by Crippen LogP contribution is -2.31. The summed E-state index contributed by atoms with van der Waals surface area (Å²) in [5, 5.41) is 2.17. The number of furan rings is 1. The topological polar surface area (TPSA) is 29.9 Å². The van der Waals surface area contributed by atoms with Gasteiger partial charge in [0.2, 0.25) is 11.4 Å². The molecule has 142 valence electrons. The third-order valence-electron chi connectivity index (χ3n) is 5.68. The normalized spacial score (nSPS) is 11.4. The van der Waals surface area contributed by atoms with Crippen molar-refractivity contribution in [2.24, 2.45) is 7.05 Å². The Morgan fingerprint density at radius 2 is 1.59 bits per heavy atom. The van der Waals surface area contributed by atoms with Gasteiger partial charge in [-0.25, -0.2) is 9.55 Å². The fraction of sp³-hybridized carbons (Fsp3) is 0.154. The fourth-order valence-corrected chi connectivity index (χ4v) is 4.15. The molecule has 0 unspecified atom stereocenters. The van der Waals surface area contributed by atoms with E-state index in [4.69, 9.17) is 4.42 Å². The molecule has 3 aromatic heterocycles. The van der Waals surface area contributed by atoms with E-state index in [2.05, 4.69) is 91.2 Å². The predicted octanol–water partition coefficient (Wildman–Crippen LogP) is 6.06. The molecule has 0 aliphatic carbocycles.